The number of rotatable bonds is 0. The lowest BCUT2D eigenvalue weighted by Gasteiger charge is -2.12. The Hall–Kier alpha value is -1.51. The zero-order valence-corrected chi connectivity index (χ0v) is 5.95. The second-order valence-corrected chi connectivity index (χ2v) is 2.38. The molecule has 0 radical (unpaired) electrons. The number of aromatic nitrogens is 1. The van der Waals surface area contributed by atoms with Gasteiger partial charge in [-0.15, -0.1) is 0 Å². The predicted octanol–water partition coefficient (Wildman–Crippen LogP) is 0.817. The first-order chi connectivity index (χ1) is 5.36. The average Bonchev–Trinajstić information content (AvgIpc) is 2.04. The molecule has 2 N–H and O–H groups in total. The van der Waals surface area contributed by atoms with Gasteiger partial charge in [-0.05, 0) is 12.1 Å². The van der Waals surface area contributed by atoms with Crippen molar-refractivity contribution in [1.29, 1.82) is 0 Å². The number of pyridine rings is 1. The van der Waals surface area contributed by atoms with Crippen LogP contribution in [0, 0.1) is 0 Å². The molecule has 1 aromatic rings. The first-order valence-electron chi connectivity index (χ1n) is 3.43. The van der Waals surface area contributed by atoms with E-state index < -0.39 is 0 Å². The van der Waals surface area contributed by atoms with Gasteiger partial charge >= 0.3 is 0 Å². The summed E-state index contributed by atoms with van der Waals surface area (Å²) in [5, 5.41) is 0. The van der Waals surface area contributed by atoms with Gasteiger partial charge in [-0.3, -0.25) is 0 Å². The van der Waals surface area contributed by atoms with Gasteiger partial charge in [-0.2, -0.15) is 0 Å². The molecule has 1 aromatic heterocycles. The Morgan fingerprint density at radius 3 is 3.36 bits per heavy atom. The van der Waals surface area contributed by atoms with Crippen molar-refractivity contribution >= 4 is 0 Å². The average molecular weight is 148 g/mol. The molecule has 0 atom stereocenters. The van der Waals surface area contributed by atoms with Crippen LogP contribution >= 0.6 is 0 Å². The summed E-state index contributed by atoms with van der Waals surface area (Å²) in [6.45, 7) is 0. The highest BCUT2D eigenvalue weighted by Gasteiger charge is 2.09. The van der Waals surface area contributed by atoms with Crippen LogP contribution < -0.4 is 10.5 Å². The number of nitrogens with zero attached hydrogens (tertiary/aromatic N) is 1. The standard InChI is InChI=1S/C8H8N2O/c9-7-4-3-6-2-1-5-10-8(6)11-7/h1-2,4-5H,3,9H2. The van der Waals surface area contributed by atoms with Crippen molar-refractivity contribution in [1.82, 2.24) is 4.98 Å². The first kappa shape index (κ1) is 6.22. The second-order valence-electron chi connectivity index (χ2n) is 2.38. The van der Waals surface area contributed by atoms with Crippen LogP contribution in [0.15, 0.2) is 30.3 Å². The number of allylic oxidation sites excluding steroid dienone is 1. The highest BCUT2D eigenvalue weighted by atomic mass is 16.5. The van der Waals surface area contributed by atoms with Crippen LogP contribution in [0.25, 0.3) is 0 Å². The van der Waals surface area contributed by atoms with Crippen molar-refractivity contribution in [3.63, 3.8) is 0 Å². The molecule has 11 heavy (non-hydrogen) atoms. The number of fused-ring (bicyclic) bond motifs is 1. The first-order valence-corrected chi connectivity index (χ1v) is 3.43. The van der Waals surface area contributed by atoms with Gasteiger partial charge in [-0.25, -0.2) is 4.98 Å². The molecule has 0 spiro atoms. The number of hydrogen-bond acceptors (Lipinski definition) is 3. The van der Waals surface area contributed by atoms with Crippen molar-refractivity contribution in [2.24, 2.45) is 5.73 Å². The van der Waals surface area contributed by atoms with Crippen LogP contribution in [-0.2, 0) is 6.42 Å². The molecule has 0 saturated carbocycles. The summed E-state index contributed by atoms with van der Waals surface area (Å²) in [5.41, 5.74) is 6.53. The molecule has 1 aliphatic rings. The quantitative estimate of drug-likeness (QED) is 0.592. The number of ether oxygens (including phenoxy) is 1. The Kier molecular flexibility index (Phi) is 1.28. The Bertz CT molecular complexity index is 307. The Balaban J connectivity index is 2.42. The van der Waals surface area contributed by atoms with Crippen LogP contribution in [-0.4, -0.2) is 4.98 Å². The lowest BCUT2D eigenvalue weighted by atomic mass is 10.2. The molecule has 0 fully saturated rings. The van der Waals surface area contributed by atoms with Crippen LogP contribution in [0.3, 0.4) is 0 Å². The monoisotopic (exact) mass is 148 g/mol. The minimum Gasteiger partial charge on any atom is -0.423 e. The van der Waals surface area contributed by atoms with Gasteiger partial charge in [0.2, 0.25) is 5.88 Å². The molecular weight excluding hydrogens is 140 g/mol. The van der Waals surface area contributed by atoms with E-state index in [1.54, 1.807) is 6.20 Å². The summed E-state index contributed by atoms with van der Waals surface area (Å²) in [6.07, 6.45) is 4.34. The summed E-state index contributed by atoms with van der Waals surface area (Å²) in [7, 11) is 0. The normalized spacial score (nSPS) is 14.7. The topological polar surface area (TPSA) is 48.1 Å². The molecular formula is C8H8N2O. The Morgan fingerprint density at radius 1 is 1.55 bits per heavy atom. The van der Waals surface area contributed by atoms with Gasteiger partial charge in [0.25, 0.3) is 0 Å². The lowest BCUT2D eigenvalue weighted by molar-refractivity contribution is 0.388. The van der Waals surface area contributed by atoms with E-state index in [4.69, 9.17) is 10.5 Å². The van der Waals surface area contributed by atoms with Crippen molar-refractivity contribution in [2.45, 2.75) is 6.42 Å². The van der Waals surface area contributed by atoms with Gasteiger partial charge < -0.3 is 10.5 Å². The maximum Gasteiger partial charge on any atom is 0.224 e. The largest absolute Gasteiger partial charge is 0.423 e. The summed E-state index contributed by atoms with van der Waals surface area (Å²) in [6, 6.07) is 3.86. The third-order valence-electron chi connectivity index (χ3n) is 1.59. The summed E-state index contributed by atoms with van der Waals surface area (Å²) in [5.74, 6) is 1.07. The molecule has 56 valence electrons. The fraction of sp³-hybridized carbons (Fsp3) is 0.125. The summed E-state index contributed by atoms with van der Waals surface area (Å²) in [4.78, 5) is 4.03. The molecule has 2 rings (SSSR count). The second kappa shape index (κ2) is 2.27. The molecule has 0 bridgehead atoms. The molecule has 3 nitrogen and oxygen atoms in total. The van der Waals surface area contributed by atoms with E-state index in [1.165, 1.54) is 0 Å². The van der Waals surface area contributed by atoms with Gasteiger partial charge in [0.05, 0.1) is 0 Å². The zero-order valence-electron chi connectivity index (χ0n) is 5.95. The SMILES string of the molecule is NC1=CCc2cccnc2O1. The van der Waals surface area contributed by atoms with Gasteiger partial charge in [-0.1, -0.05) is 6.07 Å². The summed E-state index contributed by atoms with van der Waals surface area (Å²) >= 11 is 0. The molecule has 0 amide bonds. The summed E-state index contributed by atoms with van der Waals surface area (Å²) < 4.78 is 5.16. The Labute approximate surface area is 64.5 Å². The van der Waals surface area contributed by atoms with Crippen LogP contribution in [0.1, 0.15) is 5.56 Å². The molecule has 0 aromatic carbocycles. The number of hydrogen-bond donors (Lipinski definition) is 1. The minimum atomic E-state index is 0.441. The minimum absolute atomic E-state index is 0.441. The third kappa shape index (κ3) is 1.05. The zero-order chi connectivity index (χ0) is 7.68. The third-order valence-corrected chi connectivity index (χ3v) is 1.59. The van der Waals surface area contributed by atoms with E-state index in [0.717, 1.165) is 12.0 Å². The lowest BCUT2D eigenvalue weighted by Crippen LogP contribution is -2.12. The van der Waals surface area contributed by atoms with Crippen LogP contribution in [0.4, 0.5) is 0 Å². The van der Waals surface area contributed by atoms with Crippen LogP contribution in [0.5, 0.6) is 5.88 Å². The molecule has 0 aliphatic carbocycles. The van der Waals surface area contributed by atoms with E-state index in [1.807, 2.05) is 18.2 Å². The smallest absolute Gasteiger partial charge is 0.224 e. The predicted molar refractivity (Wildman–Crippen MR) is 40.8 cm³/mol. The van der Waals surface area contributed by atoms with Gasteiger partial charge in [0, 0.05) is 18.2 Å². The van der Waals surface area contributed by atoms with E-state index in [2.05, 4.69) is 4.98 Å². The maximum absolute atomic E-state index is 5.45. The molecule has 1 aliphatic heterocycles. The van der Waals surface area contributed by atoms with Crippen molar-refractivity contribution in [3.05, 3.63) is 35.9 Å². The number of nitrogens with two attached hydrogens (primary N) is 1. The molecule has 0 unspecified atom stereocenters. The van der Waals surface area contributed by atoms with Crippen molar-refractivity contribution < 1.29 is 4.74 Å². The van der Waals surface area contributed by atoms with Crippen molar-refractivity contribution in [3.8, 4) is 5.88 Å². The fourth-order valence-corrected chi connectivity index (χ4v) is 1.04. The van der Waals surface area contributed by atoms with E-state index in [0.29, 0.717) is 11.8 Å². The maximum atomic E-state index is 5.45. The van der Waals surface area contributed by atoms with E-state index in [9.17, 15) is 0 Å². The van der Waals surface area contributed by atoms with E-state index in [-0.39, 0.29) is 0 Å². The van der Waals surface area contributed by atoms with Gasteiger partial charge in [0.15, 0.2) is 5.88 Å². The van der Waals surface area contributed by atoms with Crippen LogP contribution in [0.2, 0.25) is 0 Å². The van der Waals surface area contributed by atoms with Gasteiger partial charge in [0.1, 0.15) is 0 Å². The molecule has 3 heteroatoms. The highest BCUT2D eigenvalue weighted by molar-refractivity contribution is 5.31. The highest BCUT2D eigenvalue weighted by Crippen LogP contribution is 2.20. The Morgan fingerprint density at radius 2 is 2.45 bits per heavy atom. The van der Waals surface area contributed by atoms with E-state index >= 15 is 0 Å². The fourth-order valence-electron chi connectivity index (χ4n) is 1.04. The molecule has 0 saturated heterocycles. The molecule has 2 heterocycles. The van der Waals surface area contributed by atoms with Crippen molar-refractivity contribution in [2.75, 3.05) is 0 Å².